The van der Waals surface area contributed by atoms with Gasteiger partial charge in [-0.15, -0.1) is 0 Å². The van der Waals surface area contributed by atoms with Gasteiger partial charge in [0.2, 0.25) is 5.91 Å². The maximum atomic E-state index is 11.5. The highest BCUT2D eigenvalue weighted by Gasteiger charge is 2.38. The first kappa shape index (κ1) is 11.8. The summed E-state index contributed by atoms with van der Waals surface area (Å²) in [6.45, 7) is 3.12. The van der Waals surface area contributed by atoms with E-state index in [1.807, 2.05) is 12.1 Å². The Labute approximate surface area is 101 Å². The third-order valence-corrected chi connectivity index (χ3v) is 3.00. The van der Waals surface area contributed by atoms with Gasteiger partial charge < -0.3 is 15.8 Å². The molecule has 4 heteroatoms. The number of ether oxygens (including phenoxy) is 1. The monoisotopic (exact) mass is 234 g/mol. The van der Waals surface area contributed by atoms with E-state index in [0.717, 1.165) is 12.2 Å². The van der Waals surface area contributed by atoms with Crippen LogP contribution in [0, 0.1) is 11.8 Å². The average Bonchev–Trinajstić information content (AvgIpc) is 3.04. The molecule has 1 aromatic rings. The van der Waals surface area contributed by atoms with Crippen LogP contribution in [0.4, 0.5) is 5.69 Å². The van der Waals surface area contributed by atoms with Crippen LogP contribution >= 0.6 is 0 Å². The lowest BCUT2D eigenvalue weighted by Gasteiger charge is -2.07. The molecule has 1 saturated carbocycles. The molecule has 1 fully saturated rings. The van der Waals surface area contributed by atoms with Crippen molar-refractivity contribution in [3.8, 4) is 5.75 Å². The van der Waals surface area contributed by atoms with Crippen molar-refractivity contribution in [2.75, 3.05) is 18.9 Å². The largest absolute Gasteiger partial charge is 0.492 e. The average molecular weight is 234 g/mol. The Kier molecular flexibility index (Phi) is 3.52. The van der Waals surface area contributed by atoms with Gasteiger partial charge in [0, 0.05) is 11.6 Å². The van der Waals surface area contributed by atoms with E-state index in [9.17, 15) is 4.79 Å². The van der Waals surface area contributed by atoms with Gasteiger partial charge in [-0.25, -0.2) is 0 Å². The van der Waals surface area contributed by atoms with Crippen LogP contribution < -0.4 is 15.8 Å². The summed E-state index contributed by atoms with van der Waals surface area (Å²) < 4.78 is 5.47. The molecule has 1 aliphatic carbocycles. The number of benzene rings is 1. The van der Waals surface area contributed by atoms with Crippen molar-refractivity contribution in [3.63, 3.8) is 0 Å². The number of rotatable bonds is 5. The summed E-state index contributed by atoms with van der Waals surface area (Å²) in [4.78, 5) is 11.5. The molecule has 1 amide bonds. The van der Waals surface area contributed by atoms with Gasteiger partial charge in [-0.1, -0.05) is 6.92 Å². The molecular weight excluding hydrogens is 216 g/mol. The normalized spacial score (nSPS) is 21.9. The number of anilines is 1. The van der Waals surface area contributed by atoms with Crippen LogP contribution in [0.3, 0.4) is 0 Å². The van der Waals surface area contributed by atoms with Gasteiger partial charge in [-0.2, -0.15) is 0 Å². The molecule has 92 valence electrons. The van der Waals surface area contributed by atoms with E-state index >= 15 is 0 Å². The highest BCUT2D eigenvalue weighted by atomic mass is 16.5. The summed E-state index contributed by atoms with van der Waals surface area (Å²) >= 11 is 0. The van der Waals surface area contributed by atoms with Crippen LogP contribution in [0.25, 0.3) is 0 Å². The van der Waals surface area contributed by atoms with Crippen molar-refractivity contribution < 1.29 is 9.53 Å². The zero-order chi connectivity index (χ0) is 12.3. The van der Waals surface area contributed by atoms with Crippen LogP contribution in [0.15, 0.2) is 24.3 Å². The highest BCUT2D eigenvalue weighted by Crippen LogP contribution is 2.37. The van der Waals surface area contributed by atoms with Crippen molar-refractivity contribution in [2.45, 2.75) is 13.3 Å². The molecule has 17 heavy (non-hydrogen) atoms. The molecule has 3 N–H and O–H groups in total. The van der Waals surface area contributed by atoms with Gasteiger partial charge in [0.1, 0.15) is 12.4 Å². The third-order valence-electron chi connectivity index (χ3n) is 3.00. The third kappa shape index (κ3) is 3.37. The Bertz CT molecular complexity index is 389. The van der Waals surface area contributed by atoms with E-state index < -0.39 is 0 Å². The van der Waals surface area contributed by atoms with Gasteiger partial charge in [0.15, 0.2) is 0 Å². The molecule has 0 spiro atoms. The minimum absolute atomic E-state index is 0.151. The zero-order valence-corrected chi connectivity index (χ0v) is 9.98. The highest BCUT2D eigenvalue weighted by molar-refractivity contribution is 5.81. The lowest BCUT2D eigenvalue weighted by molar-refractivity contribution is -0.122. The fourth-order valence-electron chi connectivity index (χ4n) is 1.73. The Morgan fingerprint density at radius 3 is 2.71 bits per heavy atom. The molecule has 0 aromatic heterocycles. The quantitative estimate of drug-likeness (QED) is 0.598. The summed E-state index contributed by atoms with van der Waals surface area (Å²) in [5, 5.41) is 2.87. The molecule has 1 aliphatic rings. The molecule has 0 radical (unpaired) electrons. The smallest absolute Gasteiger partial charge is 0.223 e. The summed E-state index contributed by atoms with van der Waals surface area (Å²) in [7, 11) is 0. The van der Waals surface area contributed by atoms with E-state index in [2.05, 4.69) is 12.2 Å². The van der Waals surface area contributed by atoms with Gasteiger partial charge in [0.05, 0.1) is 6.54 Å². The Morgan fingerprint density at radius 1 is 1.47 bits per heavy atom. The van der Waals surface area contributed by atoms with E-state index in [4.69, 9.17) is 10.5 Å². The molecule has 2 rings (SSSR count). The second kappa shape index (κ2) is 5.08. The molecule has 0 heterocycles. The van der Waals surface area contributed by atoms with E-state index in [1.54, 1.807) is 12.1 Å². The topological polar surface area (TPSA) is 64.3 Å². The number of nitrogen functional groups attached to an aromatic ring is 1. The van der Waals surface area contributed by atoms with E-state index in [0.29, 0.717) is 24.8 Å². The van der Waals surface area contributed by atoms with Crippen LogP contribution in [0.2, 0.25) is 0 Å². The standard InChI is InChI=1S/C13H18N2O2/c1-9-8-12(9)13(16)15-6-7-17-11-4-2-10(14)3-5-11/h2-5,9,12H,6-8,14H2,1H3,(H,15,16). The molecule has 0 aliphatic heterocycles. The van der Waals surface area contributed by atoms with Gasteiger partial charge in [0.25, 0.3) is 0 Å². The minimum atomic E-state index is 0.151. The van der Waals surface area contributed by atoms with Crippen molar-refractivity contribution >= 4 is 11.6 Å². The first-order chi connectivity index (χ1) is 8.16. The van der Waals surface area contributed by atoms with Crippen molar-refractivity contribution in [1.29, 1.82) is 0 Å². The predicted molar refractivity (Wildman–Crippen MR) is 66.6 cm³/mol. The number of amides is 1. The summed E-state index contributed by atoms with van der Waals surface area (Å²) in [6.07, 6.45) is 1.02. The fraction of sp³-hybridized carbons (Fsp3) is 0.462. The minimum Gasteiger partial charge on any atom is -0.492 e. The lowest BCUT2D eigenvalue weighted by Crippen LogP contribution is -2.29. The summed E-state index contributed by atoms with van der Waals surface area (Å²) in [5.74, 6) is 1.70. The van der Waals surface area contributed by atoms with E-state index in [1.165, 1.54) is 0 Å². The van der Waals surface area contributed by atoms with Crippen LogP contribution in [0.1, 0.15) is 13.3 Å². The van der Waals surface area contributed by atoms with Crippen LogP contribution in [-0.2, 0) is 4.79 Å². The van der Waals surface area contributed by atoms with Crippen molar-refractivity contribution in [1.82, 2.24) is 5.32 Å². The maximum absolute atomic E-state index is 11.5. The van der Waals surface area contributed by atoms with Gasteiger partial charge in [-0.3, -0.25) is 4.79 Å². The Balaban J connectivity index is 1.63. The van der Waals surface area contributed by atoms with Crippen molar-refractivity contribution in [2.24, 2.45) is 11.8 Å². The summed E-state index contributed by atoms with van der Waals surface area (Å²) in [5.41, 5.74) is 6.28. The van der Waals surface area contributed by atoms with Crippen LogP contribution in [0.5, 0.6) is 5.75 Å². The molecular formula is C13H18N2O2. The first-order valence-corrected chi connectivity index (χ1v) is 5.93. The number of nitrogens with one attached hydrogen (secondary N) is 1. The molecule has 0 bridgehead atoms. The number of nitrogens with two attached hydrogens (primary N) is 1. The predicted octanol–water partition coefficient (Wildman–Crippen LogP) is 1.42. The molecule has 4 nitrogen and oxygen atoms in total. The SMILES string of the molecule is CC1CC1C(=O)NCCOc1ccc(N)cc1. The number of carbonyl (C=O) groups excluding carboxylic acids is 1. The van der Waals surface area contributed by atoms with Crippen LogP contribution in [-0.4, -0.2) is 19.1 Å². The van der Waals surface area contributed by atoms with Gasteiger partial charge in [-0.05, 0) is 36.6 Å². The Hall–Kier alpha value is -1.71. The number of hydrogen-bond acceptors (Lipinski definition) is 3. The first-order valence-electron chi connectivity index (χ1n) is 5.93. The molecule has 2 atom stereocenters. The second-order valence-electron chi connectivity index (χ2n) is 4.53. The zero-order valence-electron chi connectivity index (χ0n) is 9.98. The Morgan fingerprint density at radius 2 is 2.12 bits per heavy atom. The van der Waals surface area contributed by atoms with Gasteiger partial charge >= 0.3 is 0 Å². The summed E-state index contributed by atoms with van der Waals surface area (Å²) in [6, 6.07) is 7.22. The lowest BCUT2D eigenvalue weighted by atomic mass is 10.3. The molecule has 2 unspecified atom stereocenters. The van der Waals surface area contributed by atoms with Crippen molar-refractivity contribution in [3.05, 3.63) is 24.3 Å². The van der Waals surface area contributed by atoms with E-state index in [-0.39, 0.29) is 11.8 Å². The fourth-order valence-corrected chi connectivity index (χ4v) is 1.73. The number of carbonyl (C=O) groups is 1. The molecule has 0 saturated heterocycles. The molecule has 1 aromatic carbocycles. The number of hydrogen-bond donors (Lipinski definition) is 2. The second-order valence-corrected chi connectivity index (χ2v) is 4.53. The maximum Gasteiger partial charge on any atom is 0.223 e.